The van der Waals surface area contributed by atoms with E-state index in [2.05, 4.69) is 0 Å². The molecule has 2 unspecified atom stereocenters. The summed E-state index contributed by atoms with van der Waals surface area (Å²) in [5.41, 5.74) is 0. The second kappa shape index (κ2) is 5.72. The molecule has 1 saturated heterocycles. The number of nitrogens with zero attached hydrogens (tertiary/aromatic N) is 1. The summed E-state index contributed by atoms with van der Waals surface area (Å²) in [6.07, 6.45) is -1.01. The summed E-state index contributed by atoms with van der Waals surface area (Å²) in [5, 5.41) is 9.09. The van der Waals surface area contributed by atoms with Crippen molar-refractivity contribution in [3.05, 3.63) is 29.8 Å². The van der Waals surface area contributed by atoms with Gasteiger partial charge in [-0.15, -0.1) is 0 Å². The van der Waals surface area contributed by atoms with Crippen LogP contribution in [-0.2, 0) is 14.8 Å². The normalized spacial score (nSPS) is 24.8. The first-order chi connectivity index (χ1) is 9.34. The Bertz CT molecular complexity index is 593. The SMILES string of the molecule is CC1CN(S(=O)(=O)c2ccc(F)c(F)c2)CC(CO)O1. The summed E-state index contributed by atoms with van der Waals surface area (Å²) in [5.74, 6) is -2.32. The number of ether oxygens (including phenoxy) is 1. The van der Waals surface area contributed by atoms with E-state index >= 15 is 0 Å². The number of rotatable bonds is 3. The molecule has 20 heavy (non-hydrogen) atoms. The van der Waals surface area contributed by atoms with Gasteiger partial charge in [0.15, 0.2) is 11.6 Å². The Labute approximate surface area is 115 Å². The maximum absolute atomic E-state index is 13.2. The minimum Gasteiger partial charge on any atom is -0.394 e. The fourth-order valence-electron chi connectivity index (χ4n) is 2.09. The molecule has 1 fully saturated rings. The number of hydrogen-bond acceptors (Lipinski definition) is 4. The molecule has 1 N–H and O–H groups in total. The zero-order valence-corrected chi connectivity index (χ0v) is 11.6. The van der Waals surface area contributed by atoms with Gasteiger partial charge in [-0.2, -0.15) is 4.31 Å². The number of aliphatic hydroxyl groups is 1. The van der Waals surface area contributed by atoms with Gasteiger partial charge in [-0.05, 0) is 25.1 Å². The van der Waals surface area contributed by atoms with Crippen molar-refractivity contribution < 1.29 is 27.0 Å². The molecule has 0 radical (unpaired) electrons. The van der Waals surface area contributed by atoms with Crippen molar-refractivity contribution in [3.63, 3.8) is 0 Å². The molecule has 0 bridgehead atoms. The molecule has 1 aliphatic heterocycles. The van der Waals surface area contributed by atoms with E-state index < -0.39 is 27.8 Å². The van der Waals surface area contributed by atoms with Crippen LogP contribution in [0.5, 0.6) is 0 Å². The third kappa shape index (κ3) is 2.98. The molecule has 1 heterocycles. The topological polar surface area (TPSA) is 66.8 Å². The first-order valence-corrected chi connectivity index (χ1v) is 7.50. The van der Waals surface area contributed by atoms with Gasteiger partial charge in [0.2, 0.25) is 10.0 Å². The lowest BCUT2D eigenvalue weighted by molar-refractivity contribution is -0.0750. The highest BCUT2D eigenvalue weighted by molar-refractivity contribution is 7.89. The number of hydrogen-bond donors (Lipinski definition) is 1. The Balaban J connectivity index is 2.31. The van der Waals surface area contributed by atoms with Crippen molar-refractivity contribution in [1.29, 1.82) is 0 Å². The van der Waals surface area contributed by atoms with E-state index in [0.29, 0.717) is 6.07 Å². The Kier molecular flexibility index (Phi) is 4.38. The molecule has 5 nitrogen and oxygen atoms in total. The Morgan fingerprint density at radius 3 is 2.65 bits per heavy atom. The third-order valence-corrected chi connectivity index (χ3v) is 4.85. The summed E-state index contributed by atoms with van der Waals surface area (Å²) < 4.78 is 57.2. The van der Waals surface area contributed by atoms with E-state index in [9.17, 15) is 17.2 Å². The average Bonchev–Trinajstić information content (AvgIpc) is 2.41. The summed E-state index contributed by atoms with van der Waals surface area (Å²) in [7, 11) is -3.94. The smallest absolute Gasteiger partial charge is 0.243 e. The van der Waals surface area contributed by atoms with Crippen LogP contribution in [0.3, 0.4) is 0 Å². The zero-order chi connectivity index (χ0) is 14.9. The van der Waals surface area contributed by atoms with Crippen LogP contribution in [0.1, 0.15) is 6.92 Å². The quantitative estimate of drug-likeness (QED) is 0.894. The van der Waals surface area contributed by atoms with Crippen molar-refractivity contribution in [2.24, 2.45) is 0 Å². The minimum absolute atomic E-state index is 0.0256. The predicted octanol–water partition coefficient (Wildman–Crippen LogP) is 0.735. The van der Waals surface area contributed by atoms with Crippen LogP contribution in [0.2, 0.25) is 0 Å². The molecule has 2 rings (SSSR count). The fraction of sp³-hybridized carbons (Fsp3) is 0.500. The summed E-state index contributed by atoms with van der Waals surface area (Å²) in [6, 6.07) is 2.44. The minimum atomic E-state index is -3.94. The molecule has 1 aromatic carbocycles. The van der Waals surface area contributed by atoms with E-state index in [1.165, 1.54) is 0 Å². The van der Waals surface area contributed by atoms with Crippen LogP contribution >= 0.6 is 0 Å². The van der Waals surface area contributed by atoms with Crippen LogP contribution in [-0.4, -0.2) is 49.7 Å². The lowest BCUT2D eigenvalue weighted by Crippen LogP contribution is -2.50. The lowest BCUT2D eigenvalue weighted by Gasteiger charge is -2.35. The Morgan fingerprint density at radius 2 is 2.05 bits per heavy atom. The van der Waals surface area contributed by atoms with Gasteiger partial charge in [-0.25, -0.2) is 17.2 Å². The number of halogens is 2. The highest BCUT2D eigenvalue weighted by Gasteiger charge is 2.33. The number of sulfonamides is 1. The predicted molar refractivity (Wildman–Crippen MR) is 66.5 cm³/mol. The molecule has 112 valence electrons. The number of morpholine rings is 1. The molecule has 0 amide bonds. The van der Waals surface area contributed by atoms with Crippen LogP contribution in [0.4, 0.5) is 8.78 Å². The zero-order valence-electron chi connectivity index (χ0n) is 10.8. The molecule has 1 aromatic rings. The number of benzene rings is 1. The second-order valence-corrected chi connectivity index (χ2v) is 6.59. The molecule has 1 aliphatic rings. The van der Waals surface area contributed by atoms with E-state index in [0.717, 1.165) is 16.4 Å². The van der Waals surface area contributed by atoms with Crippen LogP contribution in [0.15, 0.2) is 23.1 Å². The largest absolute Gasteiger partial charge is 0.394 e. The van der Waals surface area contributed by atoms with E-state index in [1.54, 1.807) is 6.92 Å². The summed E-state index contributed by atoms with van der Waals surface area (Å²) in [6.45, 7) is 1.43. The molecule has 0 saturated carbocycles. The van der Waals surface area contributed by atoms with E-state index in [-0.39, 0.29) is 30.7 Å². The van der Waals surface area contributed by atoms with Crippen molar-refractivity contribution in [2.75, 3.05) is 19.7 Å². The molecule has 8 heteroatoms. The van der Waals surface area contributed by atoms with Crippen LogP contribution < -0.4 is 0 Å². The third-order valence-electron chi connectivity index (χ3n) is 3.03. The summed E-state index contributed by atoms with van der Waals surface area (Å²) >= 11 is 0. The van der Waals surface area contributed by atoms with Crippen molar-refractivity contribution in [2.45, 2.75) is 24.0 Å². The van der Waals surface area contributed by atoms with E-state index in [4.69, 9.17) is 9.84 Å². The molecule has 0 spiro atoms. The van der Waals surface area contributed by atoms with Crippen molar-refractivity contribution in [3.8, 4) is 0 Å². The monoisotopic (exact) mass is 307 g/mol. The van der Waals surface area contributed by atoms with Gasteiger partial charge >= 0.3 is 0 Å². The van der Waals surface area contributed by atoms with Gasteiger partial charge in [0.05, 0.1) is 23.7 Å². The van der Waals surface area contributed by atoms with E-state index in [1.807, 2.05) is 0 Å². The van der Waals surface area contributed by atoms with Crippen LogP contribution in [0, 0.1) is 11.6 Å². The first-order valence-electron chi connectivity index (χ1n) is 6.06. The van der Waals surface area contributed by atoms with Crippen molar-refractivity contribution >= 4 is 10.0 Å². The average molecular weight is 307 g/mol. The maximum atomic E-state index is 13.2. The highest BCUT2D eigenvalue weighted by Crippen LogP contribution is 2.22. The highest BCUT2D eigenvalue weighted by atomic mass is 32.2. The Hall–Kier alpha value is -1.09. The van der Waals surface area contributed by atoms with Gasteiger partial charge in [-0.1, -0.05) is 0 Å². The van der Waals surface area contributed by atoms with Gasteiger partial charge in [0.25, 0.3) is 0 Å². The molecular formula is C12H15F2NO4S. The van der Waals surface area contributed by atoms with Crippen LogP contribution in [0.25, 0.3) is 0 Å². The fourth-order valence-corrected chi connectivity index (χ4v) is 3.65. The lowest BCUT2D eigenvalue weighted by atomic mass is 10.2. The molecule has 0 aliphatic carbocycles. The molecular weight excluding hydrogens is 292 g/mol. The van der Waals surface area contributed by atoms with Crippen molar-refractivity contribution in [1.82, 2.24) is 4.31 Å². The van der Waals surface area contributed by atoms with Gasteiger partial charge in [0, 0.05) is 13.1 Å². The molecule has 0 aromatic heterocycles. The van der Waals surface area contributed by atoms with Gasteiger partial charge in [0.1, 0.15) is 0 Å². The van der Waals surface area contributed by atoms with Gasteiger partial charge < -0.3 is 9.84 Å². The molecule has 2 atom stereocenters. The summed E-state index contributed by atoms with van der Waals surface area (Å²) in [4.78, 5) is -0.317. The van der Waals surface area contributed by atoms with Gasteiger partial charge in [-0.3, -0.25) is 0 Å². The standard InChI is InChI=1S/C12H15F2NO4S/c1-8-5-15(6-9(7-16)19-8)20(17,18)10-2-3-11(13)12(14)4-10/h2-4,8-9,16H,5-7H2,1H3. The first kappa shape index (κ1) is 15.3. The Morgan fingerprint density at radius 1 is 1.35 bits per heavy atom. The second-order valence-electron chi connectivity index (χ2n) is 4.65. The number of aliphatic hydroxyl groups excluding tert-OH is 1. The maximum Gasteiger partial charge on any atom is 0.243 e.